The SMILES string of the molecule is [2H]c1c([2H])c(F)c(F)c(C([2H])([2H])Sc2c([2H])c(=O)c3c([2H])c(C)c([2H])c([2H])c3n2CC(=O)N(Cc2c([2H])c([2H])c(-c3c([2H])c([2H])c(C(F)(F)F)c([2H])c3[2H])c([2H])c2[2H])C2([2H])C([2H])([2H])C([2H])([2H])N(C([2H])([2H])COC)C([2H])([2H])C2([2H])[2H])c1[2H]. The average Bonchev–Trinajstić information content (AvgIpc) is 2.46. The molecule has 1 saturated heterocycles. The van der Waals surface area contributed by atoms with E-state index in [-0.39, 0.29) is 4.57 Å². The summed E-state index contributed by atoms with van der Waals surface area (Å²) in [5, 5.41) is -2.39. The van der Waals surface area contributed by atoms with Crippen LogP contribution >= 0.6 is 11.8 Å². The highest BCUT2D eigenvalue weighted by Gasteiger charge is 2.31. The predicted molar refractivity (Wildman–Crippen MR) is 198 cm³/mol. The van der Waals surface area contributed by atoms with E-state index >= 15 is 13.6 Å². The number of benzene rings is 4. The van der Waals surface area contributed by atoms with E-state index in [0.29, 0.717) is 0 Å². The minimum atomic E-state index is -5.53. The van der Waals surface area contributed by atoms with Gasteiger partial charge >= 0.3 is 6.18 Å². The highest BCUT2D eigenvalue weighted by molar-refractivity contribution is 7.98. The Balaban J connectivity index is 1.77. The smallest absolute Gasteiger partial charge is 0.383 e. The van der Waals surface area contributed by atoms with Crippen molar-refractivity contribution in [2.75, 3.05) is 33.2 Å². The predicted octanol–water partition coefficient (Wildman–Crippen LogP) is 8.71. The number of alkyl halides is 3. The van der Waals surface area contributed by atoms with Crippen molar-refractivity contribution in [1.82, 2.24) is 14.4 Å². The molecule has 53 heavy (non-hydrogen) atoms. The molecule has 6 nitrogen and oxygen atoms in total. The molecule has 0 N–H and O–H groups in total. The zero-order valence-corrected chi connectivity index (χ0v) is 27.8. The van der Waals surface area contributed by atoms with E-state index in [0.717, 1.165) is 14.0 Å². The number of ether oxygens (including phenoxy) is 1. The number of fused-ring (bicyclic) bond motifs is 1. The van der Waals surface area contributed by atoms with Crippen molar-refractivity contribution in [2.45, 2.75) is 55.7 Å². The summed E-state index contributed by atoms with van der Waals surface area (Å²) in [6.07, 6.45) is -14.8. The van der Waals surface area contributed by atoms with Crippen LogP contribution in [0.4, 0.5) is 22.0 Å². The van der Waals surface area contributed by atoms with Crippen molar-refractivity contribution >= 4 is 28.6 Å². The molecule has 4 aromatic carbocycles. The van der Waals surface area contributed by atoms with Crippen LogP contribution in [0.5, 0.6) is 0 Å². The molecule has 1 fully saturated rings. The van der Waals surface area contributed by atoms with Gasteiger partial charge in [-0.15, -0.1) is 11.8 Å². The number of thioether (sulfide) groups is 1. The first-order valence-electron chi connectivity index (χ1n) is 28.7. The summed E-state index contributed by atoms with van der Waals surface area (Å²) in [7, 11) is 0.818. The van der Waals surface area contributed by atoms with Gasteiger partial charge in [-0.3, -0.25) is 9.59 Å². The maximum absolute atomic E-state index is 15.7. The third-order valence-corrected chi connectivity index (χ3v) is 7.68. The fourth-order valence-corrected chi connectivity index (χ4v) is 5.12. The van der Waals surface area contributed by atoms with E-state index in [4.69, 9.17) is 36.3 Å². The monoisotopic (exact) mass is 777 g/mol. The van der Waals surface area contributed by atoms with Crippen molar-refractivity contribution in [3.05, 3.63) is 135 Å². The first-order valence-corrected chi connectivity index (χ1v) is 15.5. The first-order chi connectivity index (χ1) is 36.6. The molecule has 5 aromatic rings. The number of rotatable bonds is 12. The van der Waals surface area contributed by atoms with Crippen molar-refractivity contribution < 1.29 is 69.9 Å². The van der Waals surface area contributed by atoms with Gasteiger partial charge < -0.3 is 19.1 Å². The van der Waals surface area contributed by atoms with Crippen LogP contribution in [-0.4, -0.2) is 59.5 Å². The molecule has 0 saturated carbocycles. The molecule has 0 atom stereocenters. The van der Waals surface area contributed by atoms with Crippen molar-refractivity contribution in [1.29, 1.82) is 0 Å². The largest absolute Gasteiger partial charge is 0.416 e. The normalized spacial score (nSPS) is 26.7. The standard InChI is InChI=1S/C41H40F5N3O3S/c1-27-6-15-36-34(22-27)37(50)23-39(53-26-31-4-3-5-35(42)40(31)43)49(36)25-38(51)48(33-16-18-47(19-17-33)20-21-52-2)24-28-7-9-29(10-8-28)30-11-13-32(14-12-30)41(44,45)46/h3-15,22-23,33H,16-21,24-26H2,1-2H3/i3D,4D,5D,6D,7D,8D,9D,10D,11D,12D,13D,14D,15D,16D2,17D2,18D2,19D2,20D2,22D,23D,26D2,33D. The number of pyridine rings is 1. The number of likely N-dealkylation sites (tertiary alicyclic amines) is 1. The molecule has 1 aliphatic rings. The minimum Gasteiger partial charge on any atom is -0.383 e. The molecule has 1 aromatic heterocycles. The number of hydrogen-bond donors (Lipinski definition) is 0. The highest BCUT2D eigenvalue weighted by Crippen LogP contribution is 2.32. The topological polar surface area (TPSA) is 54.8 Å². The van der Waals surface area contributed by atoms with E-state index in [1.807, 2.05) is 0 Å². The van der Waals surface area contributed by atoms with Crippen LogP contribution in [0.25, 0.3) is 22.0 Å². The Morgan fingerprint density at radius 3 is 2.36 bits per heavy atom. The molecule has 1 amide bonds. The van der Waals surface area contributed by atoms with Crippen LogP contribution < -0.4 is 5.43 Å². The van der Waals surface area contributed by atoms with Gasteiger partial charge in [0.25, 0.3) is 0 Å². The summed E-state index contributed by atoms with van der Waals surface area (Å²) < 4.78 is 323. The lowest BCUT2D eigenvalue weighted by Crippen LogP contribution is -2.48. The lowest BCUT2D eigenvalue weighted by molar-refractivity contribution is -0.137. The van der Waals surface area contributed by atoms with E-state index in [1.165, 1.54) is 0 Å². The van der Waals surface area contributed by atoms with Gasteiger partial charge in [0.2, 0.25) is 5.91 Å². The molecule has 2 heterocycles. The number of aromatic nitrogens is 1. The Morgan fingerprint density at radius 1 is 1.02 bits per heavy atom. The maximum Gasteiger partial charge on any atom is 0.416 e. The summed E-state index contributed by atoms with van der Waals surface area (Å²) >= 11 is -0.572. The van der Waals surface area contributed by atoms with Gasteiger partial charge in [0.1, 0.15) is 6.54 Å². The minimum absolute atomic E-state index is 0.183. The quantitative estimate of drug-likeness (QED) is 0.0938. The number of hydrogen-bond acceptors (Lipinski definition) is 5. The number of piperidine rings is 1. The lowest BCUT2D eigenvalue weighted by atomic mass is 10.00. The second-order valence-electron chi connectivity index (χ2n) is 10.5. The van der Waals surface area contributed by atoms with Gasteiger partial charge in [0, 0.05) is 78.3 Å². The van der Waals surface area contributed by atoms with E-state index in [9.17, 15) is 24.8 Å². The van der Waals surface area contributed by atoms with E-state index < -0.39 is 254 Å². The van der Waals surface area contributed by atoms with Gasteiger partial charge in [0.15, 0.2) is 17.1 Å². The summed E-state index contributed by atoms with van der Waals surface area (Å²) in [4.78, 5) is 28.7. The lowest BCUT2D eigenvalue weighted by Gasteiger charge is -2.39. The van der Waals surface area contributed by atoms with Gasteiger partial charge in [-0.25, -0.2) is 8.78 Å². The molecule has 278 valence electrons. The van der Waals surface area contributed by atoms with E-state index in [1.54, 1.807) is 0 Å². The van der Waals surface area contributed by atoms with Gasteiger partial charge in [0.05, 0.1) is 44.6 Å². The maximum atomic E-state index is 15.7. The number of nitrogens with zero attached hydrogens (tertiary/aromatic N) is 3. The van der Waals surface area contributed by atoms with Crippen LogP contribution in [0.2, 0.25) is 0 Å². The number of halogens is 5. The van der Waals surface area contributed by atoms with Crippen LogP contribution in [0.3, 0.4) is 0 Å². The molecule has 0 aliphatic carbocycles. The number of carbonyl (C=O) groups is 1. The molecule has 1 aliphatic heterocycles. The molecule has 6 rings (SSSR count). The van der Waals surface area contributed by atoms with Crippen LogP contribution in [0.1, 0.15) is 73.4 Å². The van der Waals surface area contributed by atoms with Gasteiger partial charge in [-0.1, -0.05) is 59.9 Å². The summed E-state index contributed by atoms with van der Waals surface area (Å²) in [5.41, 5.74) is -14.6. The molecule has 0 spiro atoms. The second-order valence-corrected chi connectivity index (χ2v) is 11.3. The number of carbonyl (C=O) groups excluding carboxylic acids is 1. The summed E-state index contributed by atoms with van der Waals surface area (Å²) in [6, 6.07) is -26.4. The zero-order valence-electron chi connectivity index (χ0n) is 55.0. The molecule has 12 heteroatoms. The van der Waals surface area contributed by atoms with Crippen molar-refractivity contribution in [2.24, 2.45) is 0 Å². The molecular weight excluding hydrogens is 710 g/mol. The third kappa shape index (κ3) is 9.17. The highest BCUT2D eigenvalue weighted by atomic mass is 32.2. The Labute approximate surface area is 348 Å². The summed E-state index contributed by atoms with van der Waals surface area (Å²) in [6.45, 7) is -16.7. The van der Waals surface area contributed by atoms with E-state index in [2.05, 4.69) is 0 Å². The fourth-order valence-electron chi connectivity index (χ4n) is 4.37. The van der Waals surface area contributed by atoms with Gasteiger partial charge in [-0.2, -0.15) is 13.2 Å². The Bertz CT molecular complexity index is 3470. The average molecular weight is 778 g/mol. The number of amides is 1. The molecule has 0 radical (unpaired) electrons. The Morgan fingerprint density at radius 2 is 1.70 bits per heavy atom. The van der Waals surface area contributed by atoms with Crippen molar-refractivity contribution in [3.63, 3.8) is 0 Å². The molecule has 0 bridgehead atoms. The molecular formula is C41H40F5N3O3S. The van der Waals surface area contributed by atoms with Gasteiger partial charge in [-0.05, 0) is 66.6 Å². The fraction of sp³-hybridized carbons (Fsp3) is 0.317. The Hall–Kier alpha value is -4.52. The summed E-state index contributed by atoms with van der Waals surface area (Å²) in [5.74, 6) is -6.65. The Kier molecular flexibility index (Phi) is 5.17. The van der Waals surface area contributed by atoms with Crippen LogP contribution in [0, 0.1) is 18.6 Å². The third-order valence-electron chi connectivity index (χ3n) is 6.86. The van der Waals surface area contributed by atoms with Crippen LogP contribution in [0.15, 0.2) is 100 Å². The van der Waals surface area contributed by atoms with Crippen molar-refractivity contribution in [3.8, 4) is 11.1 Å². The zero-order chi connectivity index (χ0) is 62.4. The second kappa shape index (κ2) is 16.7. The number of methoxy groups -OCH3 is 1. The first kappa shape index (κ1) is 16.5. The van der Waals surface area contributed by atoms with Crippen LogP contribution in [-0.2, 0) is 34.5 Å². The molecule has 0 unspecified atom stereocenters.